The zero-order chi connectivity index (χ0) is 22.0. The van der Waals surface area contributed by atoms with Gasteiger partial charge in [0, 0.05) is 16.8 Å². The van der Waals surface area contributed by atoms with Crippen LogP contribution in [-0.2, 0) is 15.0 Å². The molecule has 2 amide bonds. The van der Waals surface area contributed by atoms with Gasteiger partial charge < -0.3 is 10.6 Å². The van der Waals surface area contributed by atoms with Gasteiger partial charge in [-0.25, -0.2) is 0 Å². The molecule has 4 nitrogen and oxygen atoms in total. The summed E-state index contributed by atoms with van der Waals surface area (Å²) in [7, 11) is 0. The van der Waals surface area contributed by atoms with E-state index >= 15 is 0 Å². The summed E-state index contributed by atoms with van der Waals surface area (Å²) in [6.45, 7) is 3.61. The summed E-state index contributed by atoms with van der Waals surface area (Å²) < 4.78 is 73.8. The quantitative estimate of drug-likeness (QED) is 0.686. The van der Waals surface area contributed by atoms with Crippen LogP contribution in [0.4, 0.5) is 37.7 Å². The minimum atomic E-state index is -5.00. The Morgan fingerprint density at radius 2 is 0.897 bits per heavy atom. The first-order valence-corrected chi connectivity index (χ1v) is 8.18. The molecular formula is C19H16F6N2O2. The monoisotopic (exact) mass is 418 g/mol. The van der Waals surface area contributed by atoms with Gasteiger partial charge in [0.15, 0.2) is 0 Å². The first-order chi connectivity index (χ1) is 13.2. The van der Waals surface area contributed by atoms with Crippen LogP contribution in [-0.4, -0.2) is 24.2 Å². The van der Waals surface area contributed by atoms with Crippen LogP contribution in [0.25, 0.3) is 0 Å². The molecule has 2 aromatic carbocycles. The number of benzene rings is 2. The summed E-state index contributed by atoms with van der Waals surface area (Å²) >= 11 is 0. The van der Waals surface area contributed by atoms with E-state index in [2.05, 4.69) is 0 Å². The van der Waals surface area contributed by atoms with Crippen LogP contribution in [0, 0.1) is 0 Å². The number of nitrogens with one attached hydrogen (secondary N) is 2. The van der Waals surface area contributed by atoms with Gasteiger partial charge in [0.2, 0.25) is 0 Å². The summed E-state index contributed by atoms with van der Waals surface area (Å²) in [6, 6.07) is 11.4. The lowest BCUT2D eigenvalue weighted by molar-refractivity contribution is -0.167. The van der Waals surface area contributed by atoms with Gasteiger partial charge in [-0.2, -0.15) is 26.3 Å². The highest BCUT2D eigenvalue weighted by Crippen LogP contribution is 2.33. The maximum absolute atomic E-state index is 12.3. The highest BCUT2D eigenvalue weighted by molar-refractivity contribution is 5.95. The van der Waals surface area contributed by atoms with E-state index in [1.165, 1.54) is 48.5 Å². The number of halogens is 6. The van der Waals surface area contributed by atoms with Crippen LogP contribution in [0.15, 0.2) is 48.5 Å². The molecule has 0 spiro atoms. The van der Waals surface area contributed by atoms with Crippen molar-refractivity contribution in [3.63, 3.8) is 0 Å². The molecule has 0 fully saturated rings. The molecule has 0 unspecified atom stereocenters. The van der Waals surface area contributed by atoms with Gasteiger partial charge in [0.25, 0.3) is 0 Å². The lowest BCUT2D eigenvalue weighted by Crippen LogP contribution is -2.30. The van der Waals surface area contributed by atoms with Gasteiger partial charge in [0.05, 0.1) is 0 Å². The van der Waals surface area contributed by atoms with Crippen LogP contribution in [0.2, 0.25) is 0 Å². The third-order valence-electron chi connectivity index (χ3n) is 4.24. The Kier molecular flexibility index (Phi) is 5.96. The molecule has 2 rings (SSSR count). The molecule has 0 saturated heterocycles. The number of rotatable bonds is 4. The Morgan fingerprint density at radius 3 is 1.14 bits per heavy atom. The number of carbonyl (C=O) groups excluding carboxylic acids is 2. The molecule has 29 heavy (non-hydrogen) atoms. The molecule has 2 aromatic rings. The van der Waals surface area contributed by atoms with Gasteiger partial charge in [-0.05, 0) is 35.4 Å². The molecular weight excluding hydrogens is 402 g/mol. The lowest BCUT2D eigenvalue weighted by atomic mass is 9.78. The maximum Gasteiger partial charge on any atom is 0.471 e. The van der Waals surface area contributed by atoms with Gasteiger partial charge in [-0.1, -0.05) is 38.1 Å². The summed E-state index contributed by atoms with van der Waals surface area (Å²) in [6.07, 6.45) is -10.00. The van der Waals surface area contributed by atoms with Gasteiger partial charge >= 0.3 is 24.2 Å². The van der Waals surface area contributed by atoms with E-state index in [4.69, 9.17) is 0 Å². The van der Waals surface area contributed by atoms with Crippen LogP contribution < -0.4 is 10.6 Å². The molecule has 0 aliphatic heterocycles. The second-order valence-corrected chi connectivity index (χ2v) is 6.68. The van der Waals surface area contributed by atoms with E-state index in [0.29, 0.717) is 11.1 Å². The fourth-order valence-corrected chi connectivity index (χ4v) is 2.51. The number of amides is 2. The van der Waals surface area contributed by atoms with Crippen molar-refractivity contribution >= 4 is 23.2 Å². The SMILES string of the molecule is CC(C)(c1ccc(NC(=O)C(F)(F)F)cc1)c1ccc(NC(=O)C(F)(F)F)cc1. The summed E-state index contributed by atoms with van der Waals surface area (Å²) in [5.74, 6) is -4.16. The number of hydrogen-bond donors (Lipinski definition) is 2. The Hall–Kier alpha value is -3.04. The van der Waals surface area contributed by atoms with Crippen molar-refractivity contribution in [3.05, 3.63) is 59.7 Å². The third kappa shape index (κ3) is 5.49. The van der Waals surface area contributed by atoms with E-state index in [1.807, 2.05) is 0 Å². The largest absolute Gasteiger partial charge is 0.471 e. The molecule has 0 aromatic heterocycles. The number of alkyl halides is 6. The van der Waals surface area contributed by atoms with E-state index in [0.717, 1.165) is 0 Å². The molecule has 156 valence electrons. The van der Waals surface area contributed by atoms with Crippen LogP contribution in [0.5, 0.6) is 0 Å². The van der Waals surface area contributed by atoms with Gasteiger partial charge in [-0.3, -0.25) is 9.59 Å². The fraction of sp³-hybridized carbons (Fsp3) is 0.263. The number of hydrogen-bond acceptors (Lipinski definition) is 2. The fourth-order valence-electron chi connectivity index (χ4n) is 2.51. The molecule has 0 radical (unpaired) electrons. The molecule has 0 aliphatic rings. The van der Waals surface area contributed by atoms with Crippen molar-refractivity contribution in [2.75, 3.05) is 10.6 Å². The predicted octanol–water partition coefficient (Wildman–Crippen LogP) is 5.01. The Morgan fingerprint density at radius 1 is 0.621 bits per heavy atom. The van der Waals surface area contributed by atoms with E-state index in [9.17, 15) is 35.9 Å². The van der Waals surface area contributed by atoms with Crippen LogP contribution in [0.3, 0.4) is 0 Å². The topological polar surface area (TPSA) is 58.2 Å². The highest BCUT2D eigenvalue weighted by atomic mass is 19.4. The van der Waals surface area contributed by atoms with E-state index in [-0.39, 0.29) is 11.4 Å². The van der Waals surface area contributed by atoms with Crippen molar-refractivity contribution in [2.24, 2.45) is 0 Å². The predicted molar refractivity (Wildman–Crippen MR) is 94.4 cm³/mol. The van der Waals surface area contributed by atoms with Crippen molar-refractivity contribution in [2.45, 2.75) is 31.6 Å². The third-order valence-corrected chi connectivity index (χ3v) is 4.24. The zero-order valence-corrected chi connectivity index (χ0v) is 15.2. The Balaban J connectivity index is 2.16. The molecule has 0 saturated carbocycles. The van der Waals surface area contributed by atoms with E-state index in [1.54, 1.807) is 24.5 Å². The molecule has 0 atom stereocenters. The average molecular weight is 418 g/mol. The van der Waals surface area contributed by atoms with E-state index < -0.39 is 29.6 Å². The van der Waals surface area contributed by atoms with Crippen molar-refractivity contribution < 1.29 is 35.9 Å². The zero-order valence-electron chi connectivity index (χ0n) is 15.2. The molecule has 2 N–H and O–H groups in total. The molecule has 0 bridgehead atoms. The smallest absolute Gasteiger partial charge is 0.318 e. The summed E-state index contributed by atoms with van der Waals surface area (Å²) in [4.78, 5) is 21.9. The van der Waals surface area contributed by atoms with Gasteiger partial charge in [0.1, 0.15) is 0 Å². The highest BCUT2D eigenvalue weighted by Gasteiger charge is 2.39. The maximum atomic E-state index is 12.3. The van der Waals surface area contributed by atoms with Gasteiger partial charge in [-0.15, -0.1) is 0 Å². The minimum Gasteiger partial charge on any atom is -0.318 e. The van der Waals surface area contributed by atoms with Crippen molar-refractivity contribution in [3.8, 4) is 0 Å². The Bertz CT molecular complexity index is 811. The second kappa shape index (κ2) is 7.76. The standard InChI is InChI=1S/C19H16F6N2O2/c1-17(2,11-3-7-13(8-4-11)26-15(28)18(20,21)22)12-5-9-14(10-6-12)27-16(29)19(23,24)25/h3-10H,1-2H3,(H,26,28)(H,27,29). The second-order valence-electron chi connectivity index (χ2n) is 6.68. The normalized spacial score (nSPS) is 12.4. The summed E-state index contributed by atoms with van der Waals surface area (Å²) in [5, 5.41) is 3.48. The number of anilines is 2. The Labute approximate surface area is 161 Å². The first-order valence-electron chi connectivity index (χ1n) is 8.18. The van der Waals surface area contributed by atoms with Crippen LogP contribution in [0.1, 0.15) is 25.0 Å². The average Bonchev–Trinajstić information content (AvgIpc) is 2.61. The minimum absolute atomic E-state index is 0.0305. The molecule has 10 heteroatoms. The molecule has 0 aliphatic carbocycles. The first kappa shape index (κ1) is 22.3. The van der Waals surface area contributed by atoms with Crippen LogP contribution >= 0.6 is 0 Å². The van der Waals surface area contributed by atoms with Crippen molar-refractivity contribution in [1.29, 1.82) is 0 Å². The summed E-state index contributed by atoms with van der Waals surface area (Å²) in [5.41, 5.74) is 0.664. The lowest BCUT2D eigenvalue weighted by Gasteiger charge is -2.26. The van der Waals surface area contributed by atoms with Crippen molar-refractivity contribution in [1.82, 2.24) is 0 Å². The number of carbonyl (C=O) groups is 2. The molecule has 0 heterocycles.